The van der Waals surface area contributed by atoms with Crippen LogP contribution in [-0.4, -0.2) is 4.98 Å². The topological polar surface area (TPSA) is 22.1 Å². The molecule has 0 fully saturated rings. The van der Waals surface area contributed by atoms with E-state index in [0.717, 1.165) is 16.5 Å². The van der Waals surface area contributed by atoms with Gasteiger partial charge in [-0.1, -0.05) is 66.7 Å². The quantitative estimate of drug-likeness (QED) is 0.484. The first kappa shape index (κ1) is 13.5. The lowest BCUT2D eigenvalue weighted by Crippen LogP contribution is -1.89. The van der Waals surface area contributed by atoms with Crippen molar-refractivity contribution in [2.45, 2.75) is 0 Å². The highest BCUT2D eigenvalue weighted by Gasteiger charge is 2.06. The monoisotopic (exact) mass is 297 g/mol. The van der Waals surface area contributed by atoms with Crippen molar-refractivity contribution >= 4 is 10.8 Å². The van der Waals surface area contributed by atoms with Crippen molar-refractivity contribution < 1.29 is 4.74 Å². The zero-order valence-corrected chi connectivity index (χ0v) is 12.5. The molecule has 0 unspecified atom stereocenters. The normalized spacial score (nSPS) is 10.6. The van der Waals surface area contributed by atoms with Gasteiger partial charge in [-0.05, 0) is 28.6 Å². The molecular weight excluding hydrogens is 282 g/mol. The minimum atomic E-state index is 0.604. The molecule has 0 saturated heterocycles. The van der Waals surface area contributed by atoms with Crippen molar-refractivity contribution in [2.75, 3.05) is 0 Å². The third-order valence-electron chi connectivity index (χ3n) is 3.79. The lowest BCUT2D eigenvalue weighted by molar-refractivity contribution is 0.464. The molecule has 0 radical (unpaired) electrons. The van der Waals surface area contributed by atoms with Crippen LogP contribution in [0.1, 0.15) is 0 Å². The average Bonchev–Trinajstić information content (AvgIpc) is 2.63. The maximum absolute atomic E-state index is 5.87. The predicted molar refractivity (Wildman–Crippen MR) is 93.7 cm³/mol. The Morgan fingerprint density at radius 3 is 2.22 bits per heavy atom. The Balaban J connectivity index is 1.81. The summed E-state index contributed by atoms with van der Waals surface area (Å²) in [4.78, 5) is 4.41. The van der Waals surface area contributed by atoms with Gasteiger partial charge in [0.15, 0.2) is 0 Å². The van der Waals surface area contributed by atoms with Gasteiger partial charge in [0.05, 0.1) is 0 Å². The second-order valence-electron chi connectivity index (χ2n) is 5.33. The first-order valence-corrected chi connectivity index (χ1v) is 7.57. The van der Waals surface area contributed by atoms with Crippen LogP contribution in [0.5, 0.6) is 11.6 Å². The summed E-state index contributed by atoms with van der Waals surface area (Å²) in [6.07, 6.45) is 1.86. The number of aromatic nitrogens is 1. The Hall–Kier alpha value is -3.13. The van der Waals surface area contributed by atoms with Gasteiger partial charge in [0.2, 0.25) is 5.88 Å². The largest absolute Gasteiger partial charge is 0.439 e. The van der Waals surface area contributed by atoms with Crippen molar-refractivity contribution in [2.24, 2.45) is 0 Å². The molecule has 0 bridgehead atoms. The minimum absolute atomic E-state index is 0.604. The zero-order chi connectivity index (χ0) is 15.5. The van der Waals surface area contributed by atoms with Crippen LogP contribution in [0.3, 0.4) is 0 Å². The smallest absolute Gasteiger partial charge is 0.219 e. The molecule has 3 aromatic carbocycles. The zero-order valence-electron chi connectivity index (χ0n) is 12.5. The molecule has 0 amide bonds. The molecule has 1 heterocycles. The van der Waals surface area contributed by atoms with E-state index in [9.17, 15) is 0 Å². The molecule has 0 aliphatic rings. The number of ether oxygens (including phenoxy) is 1. The van der Waals surface area contributed by atoms with E-state index in [1.807, 2.05) is 48.7 Å². The summed E-state index contributed by atoms with van der Waals surface area (Å²) >= 11 is 0. The van der Waals surface area contributed by atoms with Crippen molar-refractivity contribution in [3.05, 3.63) is 91.1 Å². The van der Waals surface area contributed by atoms with E-state index in [2.05, 4.69) is 47.4 Å². The molecule has 0 aliphatic heterocycles. The van der Waals surface area contributed by atoms with E-state index < -0.39 is 0 Å². The highest BCUT2D eigenvalue weighted by molar-refractivity contribution is 5.96. The first-order valence-electron chi connectivity index (χ1n) is 7.57. The number of hydrogen-bond acceptors (Lipinski definition) is 2. The molecule has 2 nitrogen and oxygen atoms in total. The lowest BCUT2D eigenvalue weighted by Gasteiger charge is -2.09. The summed E-state index contributed by atoms with van der Waals surface area (Å²) < 4.78 is 5.87. The predicted octanol–water partition coefficient (Wildman–Crippen LogP) is 5.69. The molecule has 0 N–H and O–H groups in total. The number of rotatable bonds is 3. The van der Waals surface area contributed by atoms with Crippen LogP contribution < -0.4 is 4.74 Å². The maximum atomic E-state index is 5.87. The van der Waals surface area contributed by atoms with E-state index in [0.29, 0.717) is 5.88 Å². The first-order chi connectivity index (χ1) is 11.4. The lowest BCUT2D eigenvalue weighted by atomic mass is 9.99. The second-order valence-corrected chi connectivity index (χ2v) is 5.33. The molecule has 1 aromatic heterocycles. The Kier molecular flexibility index (Phi) is 3.49. The van der Waals surface area contributed by atoms with Gasteiger partial charge in [-0.15, -0.1) is 0 Å². The van der Waals surface area contributed by atoms with Crippen molar-refractivity contribution in [1.29, 1.82) is 0 Å². The SMILES string of the molecule is c1ccc(Oc2cc3c(-c4ccccc4)cccc3cn2)cc1. The van der Waals surface area contributed by atoms with E-state index in [-0.39, 0.29) is 0 Å². The molecule has 4 rings (SSSR count). The van der Waals surface area contributed by atoms with Crippen molar-refractivity contribution in [3.63, 3.8) is 0 Å². The third-order valence-corrected chi connectivity index (χ3v) is 3.79. The third kappa shape index (κ3) is 2.79. The standard InChI is InChI=1S/C21H15NO/c1-3-8-16(9-4-1)19-13-7-10-17-15-22-21(14-20(17)19)23-18-11-5-2-6-12-18/h1-15H. The molecule has 2 heteroatoms. The summed E-state index contributed by atoms with van der Waals surface area (Å²) in [6, 6.07) is 28.4. The van der Waals surface area contributed by atoms with Crippen molar-refractivity contribution in [3.8, 4) is 22.8 Å². The molecule has 110 valence electrons. The number of benzene rings is 3. The fourth-order valence-corrected chi connectivity index (χ4v) is 2.69. The van der Waals surface area contributed by atoms with Gasteiger partial charge in [0.25, 0.3) is 0 Å². The van der Waals surface area contributed by atoms with Gasteiger partial charge >= 0.3 is 0 Å². The van der Waals surface area contributed by atoms with E-state index in [1.54, 1.807) is 0 Å². The summed E-state index contributed by atoms with van der Waals surface area (Å²) in [5.74, 6) is 1.39. The van der Waals surface area contributed by atoms with Gasteiger partial charge in [-0.25, -0.2) is 4.98 Å². The number of pyridine rings is 1. The molecule has 0 spiro atoms. The van der Waals surface area contributed by atoms with E-state index in [1.165, 1.54) is 11.1 Å². The molecular formula is C21H15NO. The summed E-state index contributed by atoms with van der Waals surface area (Å²) in [5.41, 5.74) is 2.37. The van der Waals surface area contributed by atoms with E-state index >= 15 is 0 Å². The summed E-state index contributed by atoms with van der Waals surface area (Å²) in [5, 5.41) is 2.24. The average molecular weight is 297 g/mol. The summed E-state index contributed by atoms with van der Waals surface area (Å²) in [6.45, 7) is 0. The fourth-order valence-electron chi connectivity index (χ4n) is 2.69. The Morgan fingerprint density at radius 2 is 1.43 bits per heavy atom. The second kappa shape index (κ2) is 5.93. The van der Waals surface area contributed by atoms with Gasteiger partial charge < -0.3 is 4.74 Å². The molecule has 4 aromatic rings. The number of nitrogens with zero attached hydrogens (tertiary/aromatic N) is 1. The van der Waals surface area contributed by atoms with Crippen molar-refractivity contribution in [1.82, 2.24) is 4.98 Å². The highest BCUT2D eigenvalue weighted by Crippen LogP contribution is 2.31. The number of hydrogen-bond donors (Lipinski definition) is 0. The van der Waals surface area contributed by atoms with Crippen LogP contribution in [0.2, 0.25) is 0 Å². The van der Waals surface area contributed by atoms with Crippen LogP contribution in [0, 0.1) is 0 Å². The molecule has 0 atom stereocenters. The fraction of sp³-hybridized carbons (Fsp3) is 0. The highest BCUT2D eigenvalue weighted by atomic mass is 16.5. The number of fused-ring (bicyclic) bond motifs is 1. The van der Waals surface area contributed by atoms with Gasteiger partial charge in [-0.2, -0.15) is 0 Å². The summed E-state index contributed by atoms with van der Waals surface area (Å²) in [7, 11) is 0. The van der Waals surface area contributed by atoms with Crippen LogP contribution in [-0.2, 0) is 0 Å². The Morgan fingerprint density at radius 1 is 0.696 bits per heavy atom. The van der Waals surface area contributed by atoms with Gasteiger partial charge in [0.1, 0.15) is 5.75 Å². The minimum Gasteiger partial charge on any atom is -0.439 e. The van der Waals surface area contributed by atoms with Gasteiger partial charge in [-0.3, -0.25) is 0 Å². The molecule has 23 heavy (non-hydrogen) atoms. The maximum Gasteiger partial charge on any atom is 0.219 e. The molecule has 0 aliphatic carbocycles. The number of para-hydroxylation sites is 1. The van der Waals surface area contributed by atoms with Crippen LogP contribution in [0.15, 0.2) is 91.1 Å². The van der Waals surface area contributed by atoms with Crippen LogP contribution >= 0.6 is 0 Å². The Bertz CT molecular complexity index is 933. The van der Waals surface area contributed by atoms with E-state index in [4.69, 9.17) is 4.74 Å². The Labute approximate surface area is 135 Å². The van der Waals surface area contributed by atoms with Crippen LogP contribution in [0.25, 0.3) is 21.9 Å². The van der Waals surface area contributed by atoms with Gasteiger partial charge in [0, 0.05) is 17.6 Å². The van der Waals surface area contributed by atoms with Crippen LogP contribution in [0.4, 0.5) is 0 Å². The molecule has 0 saturated carbocycles.